The zero-order valence-corrected chi connectivity index (χ0v) is 13.1. The average molecular weight is 311 g/mol. The van der Waals surface area contributed by atoms with Crippen molar-refractivity contribution in [3.63, 3.8) is 0 Å². The van der Waals surface area contributed by atoms with Gasteiger partial charge in [-0.3, -0.25) is 4.79 Å². The summed E-state index contributed by atoms with van der Waals surface area (Å²) in [5.41, 5.74) is -0.596. The third-order valence-corrected chi connectivity index (χ3v) is 3.78. The Morgan fingerprint density at radius 1 is 1.43 bits per heavy atom. The lowest BCUT2D eigenvalue weighted by Crippen LogP contribution is -2.42. The van der Waals surface area contributed by atoms with E-state index in [0.29, 0.717) is 0 Å². The molecular formula is C13H17N3O4S. The summed E-state index contributed by atoms with van der Waals surface area (Å²) in [6.45, 7) is 6.46. The van der Waals surface area contributed by atoms with Crippen molar-refractivity contribution in [2.45, 2.75) is 44.2 Å². The number of ether oxygens (including phenoxy) is 1. The fourth-order valence-corrected chi connectivity index (χ4v) is 2.48. The van der Waals surface area contributed by atoms with Gasteiger partial charge < -0.3 is 4.74 Å². The van der Waals surface area contributed by atoms with Crippen molar-refractivity contribution in [3.05, 3.63) is 24.0 Å². The molecule has 0 aliphatic rings. The number of esters is 1. The van der Waals surface area contributed by atoms with Crippen LogP contribution in [0.2, 0.25) is 0 Å². The number of pyridine rings is 1. The summed E-state index contributed by atoms with van der Waals surface area (Å²) in [6.07, 6.45) is 1.06. The smallest absolute Gasteiger partial charge is 0.324 e. The summed E-state index contributed by atoms with van der Waals surface area (Å²) in [5, 5.41) is 8.62. The molecule has 0 aliphatic carbocycles. The number of rotatable bonds is 4. The first-order valence-corrected chi connectivity index (χ1v) is 7.65. The van der Waals surface area contributed by atoms with E-state index in [1.54, 1.807) is 26.8 Å². The maximum Gasteiger partial charge on any atom is 0.324 e. The van der Waals surface area contributed by atoms with Crippen LogP contribution in [0, 0.1) is 11.3 Å². The molecule has 1 N–H and O–H groups in total. The van der Waals surface area contributed by atoms with Crippen LogP contribution in [-0.4, -0.2) is 31.0 Å². The van der Waals surface area contributed by atoms with Gasteiger partial charge in [0.1, 0.15) is 28.3 Å². The van der Waals surface area contributed by atoms with Gasteiger partial charge in [0.2, 0.25) is 10.0 Å². The van der Waals surface area contributed by atoms with E-state index in [4.69, 9.17) is 10.00 Å². The van der Waals surface area contributed by atoms with Crippen LogP contribution >= 0.6 is 0 Å². The second-order valence-electron chi connectivity index (χ2n) is 5.37. The predicted molar refractivity (Wildman–Crippen MR) is 74.6 cm³/mol. The van der Waals surface area contributed by atoms with Gasteiger partial charge in [0.25, 0.3) is 0 Å². The molecule has 0 radical (unpaired) electrons. The fraction of sp³-hybridized carbons (Fsp3) is 0.462. The number of aromatic nitrogens is 1. The van der Waals surface area contributed by atoms with E-state index in [9.17, 15) is 13.2 Å². The van der Waals surface area contributed by atoms with Gasteiger partial charge >= 0.3 is 5.97 Å². The van der Waals surface area contributed by atoms with Crippen LogP contribution in [0.5, 0.6) is 0 Å². The molecule has 1 aromatic heterocycles. The summed E-state index contributed by atoms with van der Waals surface area (Å²) < 4.78 is 31.4. The minimum Gasteiger partial charge on any atom is -0.459 e. The lowest BCUT2D eigenvalue weighted by Gasteiger charge is -2.22. The second-order valence-corrected chi connectivity index (χ2v) is 7.08. The first-order chi connectivity index (χ1) is 9.55. The van der Waals surface area contributed by atoms with Gasteiger partial charge in [-0.15, -0.1) is 0 Å². The minimum atomic E-state index is -3.91. The highest BCUT2D eigenvalue weighted by molar-refractivity contribution is 7.89. The quantitative estimate of drug-likeness (QED) is 0.829. The molecule has 0 unspecified atom stereocenters. The highest BCUT2D eigenvalue weighted by atomic mass is 32.2. The van der Waals surface area contributed by atoms with Gasteiger partial charge in [-0.25, -0.2) is 13.4 Å². The number of sulfonamides is 1. The maximum atomic E-state index is 12.1. The van der Waals surface area contributed by atoms with Crippen molar-refractivity contribution in [3.8, 4) is 6.07 Å². The monoisotopic (exact) mass is 311 g/mol. The van der Waals surface area contributed by atoms with Gasteiger partial charge in [0.05, 0.1) is 0 Å². The summed E-state index contributed by atoms with van der Waals surface area (Å²) in [6, 6.07) is 3.28. The first kappa shape index (κ1) is 17.1. The van der Waals surface area contributed by atoms with Crippen molar-refractivity contribution in [1.82, 2.24) is 9.71 Å². The van der Waals surface area contributed by atoms with E-state index >= 15 is 0 Å². The SMILES string of the molecule is C[C@H](NS(=O)(=O)c1ccc(C#N)nc1)C(=O)OC(C)(C)C. The number of nitriles is 1. The third kappa shape index (κ3) is 5.13. The lowest BCUT2D eigenvalue weighted by molar-refractivity contribution is -0.156. The molecule has 1 rings (SSSR count). The van der Waals surface area contributed by atoms with Crippen LogP contribution in [0.15, 0.2) is 23.2 Å². The van der Waals surface area contributed by atoms with E-state index in [1.165, 1.54) is 19.1 Å². The van der Waals surface area contributed by atoms with Crippen molar-refractivity contribution in [2.75, 3.05) is 0 Å². The van der Waals surface area contributed by atoms with Crippen LogP contribution in [-0.2, 0) is 19.6 Å². The van der Waals surface area contributed by atoms with E-state index in [0.717, 1.165) is 6.20 Å². The fourth-order valence-electron chi connectivity index (χ4n) is 1.34. The zero-order valence-electron chi connectivity index (χ0n) is 12.2. The summed E-state index contributed by atoms with van der Waals surface area (Å²) in [7, 11) is -3.91. The van der Waals surface area contributed by atoms with Crippen molar-refractivity contribution in [2.24, 2.45) is 0 Å². The minimum absolute atomic E-state index is 0.106. The van der Waals surface area contributed by atoms with E-state index in [2.05, 4.69) is 9.71 Å². The van der Waals surface area contributed by atoms with Crippen molar-refractivity contribution >= 4 is 16.0 Å². The standard InChI is InChI=1S/C13H17N3O4S/c1-9(12(17)20-13(2,3)4)16-21(18,19)11-6-5-10(7-14)15-8-11/h5-6,8-9,16H,1-4H3/t9-/m0/s1. The highest BCUT2D eigenvalue weighted by Gasteiger charge is 2.26. The van der Waals surface area contributed by atoms with E-state index in [-0.39, 0.29) is 10.6 Å². The number of nitrogens with zero attached hydrogens (tertiary/aromatic N) is 2. The number of hydrogen-bond acceptors (Lipinski definition) is 6. The largest absolute Gasteiger partial charge is 0.459 e. The van der Waals surface area contributed by atoms with Crippen LogP contribution in [0.25, 0.3) is 0 Å². The lowest BCUT2D eigenvalue weighted by atomic mass is 10.2. The Hall–Kier alpha value is -1.98. The van der Waals surface area contributed by atoms with E-state index < -0.39 is 27.6 Å². The number of carbonyl (C=O) groups excluding carboxylic acids is 1. The second kappa shape index (κ2) is 6.20. The molecule has 0 bridgehead atoms. The number of carbonyl (C=O) groups is 1. The molecule has 0 aromatic carbocycles. The number of nitrogens with one attached hydrogen (secondary N) is 1. The Morgan fingerprint density at radius 2 is 2.05 bits per heavy atom. The van der Waals surface area contributed by atoms with Gasteiger partial charge in [-0.2, -0.15) is 9.98 Å². The van der Waals surface area contributed by atoms with Crippen molar-refractivity contribution in [1.29, 1.82) is 5.26 Å². The molecule has 0 fully saturated rings. The predicted octanol–water partition coefficient (Wildman–Crippen LogP) is 0.962. The Kier molecular flexibility index (Phi) is 5.04. The molecule has 1 atom stereocenters. The highest BCUT2D eigenvalue weighted by Crippen LogP contribution is 2.11. The molecule has 0 spiro atoms. The maximum absolute atomic E-state index is 12.1. The summed E-state index contributed by atoms with van der Waals surface area (Å²) in [5.74, 6) is -0.673. The van der Waals surface area contributed by atoms with Crippen LogP contribution in [0.1, 0.15) is 33.4 Å². The Balaban J connectivity index is 2.84. The Morgan fingerprint density at radius 3 is 2.48 bits per heavy atom. The first-order valence-electron chi connectivity index (χ1n) is 6.16. The zero-order chi connectivity index (χ0) is 16.3. The molecule has 114 valence electrons. The molecule has 8 heteroatoms. The number of hydrogen-bond donors (Lipinski definition) is 1. The van der Waals surface area contributed by atoms with Gasteiger partial charge in [0, 0.05) is 6.20 Å². The van der Waals surface area contributed by atoms with Crippen LogP contribution in [0.3, 0.4) is 0 Å². The summed E-state index contributed by atoms with van der Waals surface area (Å²) >= 11 is 0. The van der Waals surface area contributed by atoms with Crippen molar-refractivity contribution < 1.29 is 17.9 Å². The van der Waals surface area contributed by atoms with Gasteiger partial charge in [0.15, 0.2) is 0 Å². The normalized spacial score (nSPS) is 13.3. The summed E-state index contributed by atoms with van der Waals surface area (Å²) in [4.78, 5) is 15.3. The molecule has 1 heterocycles. The molecule has 21 heavy (non-hydrogen) atoms. The molecule has 1 aromatic rings. The molecule has 0 aliphatic heterocycles. The van der Waals surface area contributed by atoms with Crippen LogP contribution < -0.4 is 4.72 Å². The Labute approximate surface area is 124 Å². The average Bonchev–Trinajstić information content (AvgIpc) is 2.36. The molecule has 0 saturated heterocycles. The molecule has 7 nitrogen and oxygen atoms in total. The van der Waals surface area contributed by atoms with Gasteiger partial charge in [-0.05, 0) is 39.8 Å². The molecule has 0 saturated carbocycles. The topological polar surface area (TPSA) is 109 Å². The van der Waals surface area contributed by atoms with Crippen LogP contribution in [0.4, 0.5) is 0 Å². The molecule has 0 amide bonds. The Bertz CT molecular complexity index is 654. The van der Waals surface area contributed by atoms with Gasteiger partial charge in [-0.1, -0.05) is 0 Å². The molecular weight excluding hydrogens is 294 g/mol. The van der Waals surface area contributed by atoms with E-state index in [1.807, 2.05) is 0 Å². The third-order valence-electron chi connectivity index (χ3n) is 2.25.